The quantitative estimate of drug-likeness (QED) is 0.863. The van der Waals surface area contributed by atoms with Crippen LogP contribution in [-0.2, 0) is 10.9 Å². The summed E-state index contributed by atoms with van der Waals surface area (Å²) in [4.78, 5) is 13.9. The lowest BCUT2D eigenvalue weighted by atomic mass is 9.98. The summed E-state index contributed by atoms with van der Waals surface area (Å²) >= 11 is 0.462. The molecule has 10 heteroatoms. The number of ether oxygens (including phenoxy) is 1. The lowest BCUT2D eigenvalue weighted by Gasteiger charge is -2.40. The van der Waals surface area contributed by atoms with Crippen LogP contribution in [0.4, 0.5) is 23.1 Å². The Labute approximate surface area is 142 Å². The van der Waals surface area contributed by atoms with Gasteiger partial charge in [-0.1, -0.05) is 11.3 Å². The van der Waals surface area contributed by atoms with Crippen molar-refractivity contribution in [3.63, 3.8) is 0 Å². The predicted octanol–water partition coefficient (Wildman–Crippen LogP) is 3.76. The van der Waals surface area contributed by atoms with E-state index in [-0.39, 0.29) is 17.2 Å². The summed E-state index contributed by atoms with van der Waals surface area (Å²) in [7, 11) is 0. The van der Waals surface area contributed by atoms with Crippen molar-refractivity contribution in [2.75, 3.05) is 11.9 Å². The molecule has 24 heavy (non-hydrogen) atoms. The molecule has 1 aliphatic heterocycles. The van der Waals surface area contributed by atoms with Crippen LogP contribution >= 0.6 is 11.3 Å². The van der Waals surface area contributed by atoms with Crippen molar-refractivity contribution < 1.29 is 22.7 Å². The second kappa shape index (κ2) is 6.73. The molecule has 1 N–H and O–H groups in total. The van der Waals surface area contributed by atoms with E-state index in [4.69, 9.17) is 4.74 Å². The maximum Gasteiger partial charge on any atom is 0.445 e. The van der Waals surface area contributed by atoms with E-state index in [0.717, 1.165) is 12.8 Å². The Kier molecular flexibility index (Phi) is 5.26. The van der Waals surface area contributed by atoms with Gasteiger partial charge in [0.15, 0.2) is 0 Å². The van der Waals surface area contributed by atoms with Gasteiger partial charge in [-0.3, -0.25) is 0 Å². The highest BCUT2D eigenvalue weighted by Crippen LogP contribution is 2.34. The van der Waals surface area contributed by atoms with Gasteiger partial charge in [0.25, 0.3) is 0 Å². The number of hydrogen-bond donors (Lipinski definition) is 1. The highest BCUT2D eigenvalue weighted by atomic mass is 32.1. The van der Waals surface area contributed by atoms with Crippen molar-refractivity contribution in [3.8, 4) is 0 Å². The van der Waals surface area contributed by atoms with Crippen LogP contribution in [-0.4, -0.2) is 45.4 Å². The molecule has 2 heterocycles. The van der Waals surface area contributed by atoms with E-state index in [1.807, 2.05) is 6.92 Å². The molecule has 2 rings (SSSR count). The van der Waals surface area contributed by atoms with Crippen LogP contribution < -0.4 is 5.32 Å². The molecule has 0 spiro atoms. The summed E-state index contributed by atoms with van der Waals surface area (Å²) in [5.41, 5.74) is -0.599. The first-order valence-electron chi connectivity index (χ1n) is 7.64. The minimum atomic E-state index is -4.50. The number of nitrogens with zero attached hydrogens (tertiary/aromatic N) is 3. The first kappa shape index (κ1) is 18.8. The van der Waals surface area contributed by atoms with Gasteiger partial charge in [-0.25, -0.2) is 4.79 Å². The number of amides is 1. The molecule has 6 nitrogen and oxygen atoms in total. The Morgan fingerprint density at radius 1 is 1.33 bits per heavy atom. The Bertz CT molecular complexity index is 585. The lowest BCUT2D eigenvalue weighted by molar-refractivity contribution is -0.138. The molecule has 1 aliphatic rings. The van der Waals surface area contributed by atoms with E-state index in [1.165, 1.54) is 0 Å². The number of likely N-dealkylation sites (tertiary alicyclic amines) is 1. The molecule has 2 atom stereocenters. The number of aromatic nitrogens is 2. The van der Waals surface area contributed by atoms with Crippen LogP contribution in [0.1, 0.15) is 45.5 Å². The number of halogens is 3. The van der Waals surface area contributed by atoms with Gasteiger partial charge < -0.3 is 15.0 Å². The average Bonchev–Trinajstić information content (AvgIpc) is 2.87. The number of anilines is 1. The van der Waals surface area contributed by atoms with Crippen LogP contribution in [0.2, 0.25) is 0 Å². The normalized spacial score (nSPS) is 22.4. The van der Waals surface area contributed by atoms with Gasteiger partial charge in [-0.2, -0.15) is 13.2 Å². The van der Waals surface area contributed by atoms with Gasteiger partial charge >= 0.3 is 12.3 Å². The number of carbonyl (C=O) groups is 1. The Morgan fingerprint density at radius 3 is 2.54 bits per heavy atom. The molecule has 1 fully saturated rings. The van der Waals surface area contributed by atoms with E-state index < -0.39 is 22.9 Å². The van der Waals surface area contributed by atoms with E-state index in [0.29, 0.717) is 17.9 Å². The van der Waals surface area contributed by atoms with Crippen molar-refractivity contribution in [1.29, 1.82) is 0 Å². The fourth-order valence-electron chi connectivity index (χ4n) is 2.47. The number of hydrogen-bond acceptors (Lipinski definition) is 6. The number of piperidine rings is 1. The molecular formula is C14H21F3N4O2S. The van der Waals surface area contributed by atoms with Crippen LogP contribution in [0.25, 0.3) is 0 Å². The van der Waals surface area contributed by atoms with E-state index in [1.54, 1.807) is 25.7 Å². The summed E-state index contributed by atoms with van der Waals surface area (Å²) in [6, 6.07) is -0.438. The maximum atomic E-state index is 12.6. The third kappa shape index (κ3) is 4.71. The third-order valence-corrected chi connectivity index (χ3v) is 4.49. The summed E-state index contributed by atoms with van der Waals surface area (Å²) in [5, 5.41) is 8.78. The molecule has 1 aromatic heterocycles. The molecule has 0 bridgehead atoms. The maximum absolute atomic E-state index is 12.6. The number of nitrogens with one attached hydrogen (secondary N) is 1. The van der Waals surface area contributed by atoms with E-state index in [9.17, 15) is 18.0 Å². The van der Waals surface area contributed by atoms with Crippen LogP contribution in [0.5, 0.6) is 0 Å². The van der Waals surface area contributed by atoms with Crippen LogP contribution in [0.15, 0.2) is 0 Å². The summed E-state index contributed by atoms with van der Waals surface area (Å²) in [6.07, 6.45) is -3.47. The van der Waals surface area contributed by atoms with Crippen LogP contribution in [0, 0.1) is 0 Å². The van der Waals surface area contributed by atoms with Crippen molar-refractivity contribution in [2.24, 2.45) is 0 Å². The Balaban J connectivity index is 2.03. The van der Waals surface area contributed by atoms with Gasteiger partial charge in [0.1, 0.15) is 5.60 Å². The Hall–Kier alpha value is -1.58. The molecule has 1 aromatic rings. The smallest absolute Gasteiger partial charge is 0.444 e. The van der Waals surface area contributed by atoms with E-state index in [2.05, 4.69) is 15.5 Å². The highest BCUT2D eigenvalue weighted by molar-refractivity contribution is 7.15. The number of alkyl halides is 3. The molecule has 0 radical (unpaired) electrons. The molecule has 1 amide bonds. The number of carbonyl (C=O) groups excluding carboxylic acids is 1. The Morgan fingerprint density at radius 2 is 2.00 bits per heavy atom. The molecule has 0 saturated carbocycles. The topological polar surface area (TPSA) is 67.4 Å². The van der Waals surface area contributed by atoms with Gasteiger partial charge in [-0.15, -0.1) is 10.2 Å². The standard InChI is InChI=1S/C14H21F3N4O2S/c1-8-9(18-11-20-19-10(24-11)14(15,16)17)6-5-7-21(8)12(22)23-13(2,3)4/h8-9H,5-7H2,1-4H3,(H,18,20)/t8-,9+/m0/s1. The molecule has 0 unspecified atom stereocenters. The van der Waals surface area contributed by atoms with Gasteiger partial charge in [0.2, 0.25) is 10.1 Å². The average molecular weight is 366 g/mol. The van der Waals surface area contributed by atoms with E-state index >= 15 is 0 Å². The minimum Gasteiger partial charge on any atom is -0.444 e. The minimum absolute atomic E-state index is 0.102. The van der Waals surface area contributed by atoms with Crippen molar-refractivity contribution in [3.05, 3.63) is 5.01 Å². The second-order valence-corrected chi connectivity index (χ2v) is 7.70. The largest absolute Gasteiger partial charge is 0.445 e. The monoisotopic (exact) mass is 366 g/mol. The zero-order valence-corrected chi connectivity index (χ0v) is 14.8. The zero-order chi connectivity index (χ0) is 18.1. The second-order valence-electron chi connectivity index (χ2n) is 6.72. The first-order chi connectivity index (χ1) is 11.0. The first-order valence-corrected chi connectivity index (χ1v) is 8.46. The fourth-order valence-corrected chi connectivity index (χ4v) is 3.14. The van der Waals surface area contributed by atoms with Crippen molar-refractivity contribution in [1.82, 2.24) is 15.1 Å². The van der Waals surface area contributed by atoms with Gasteiger partial charge in [0, 0.05) is 12.6 Å². The van der Waals surface area contributed by atoms with Crippen molar-refractivity contribution in [2.45, 2.75) is 64.4 Å². The zero-order valence-electron chi connectivity index (χ0n) is 14.0. The fraction of sp³-hybridized carbons (Fsp3) is 0.786. The molecule has 1 saturated heterocycles. The molecule has 0 aliphatic carbocycles. The summed E-state index contributed by atoms with van der Waals surface area (Å²) < 4.78 is 43.2. The summed E-state index contributed by atoms with van der Waals surface area (Å²) in [6.45, 7) is 7.75. The van der Waals surface area contributed by atoms with Crippen LogP contribution in [0.3, 0.4) is 0 Å². The molecule has 0 aromatic carbocycles. The number of rotatable bonds is 2. The molecular weight excluding hydrogens is 345 g/mol. The lowest BCUT2D eigenvalue weighted by Crippen LogP contribution is -2.53. The highest BCUT2D eigenvalue weighted by Gasteiger charge is 2.37. The van der Waals surface area contributed by atoms with Crippen molar-refractivity contribution >= 4 is 22.6 Å². The SMILES string of the molecule is C[C@H]1[C@H](Nc2nnc(C(F)(F)F)s2)CCCN1C(=O)OC(C)(C)C. The third-order valence-electron chi connectivity index (χ3n) is 3.59. The molecule has 136 valence electrons. The van der Waals surface area contributed by atoms with Gasteiger partial charge in [0.05, 0.1) is 6.04 Å². The predicted molar refractivity (Wildman–Crippen MR) is 84.0 cm³/mol. The van der Waals surface area contributed by atoms with Gasteiger partial charge in [-0.05, 0) is 40.5 Å². The summed E-state index contributed by atoms with van der Waals surface area (Å²) in [5.74, 6) is 0.